The zero-order valence-corrected chi connectivity index (χ0v) is 15.7. The van der Waals surface area contributed by atoms with Gasteiger partial charge in [0.2, 0.25) is 0 Å². The molecule has 0 fully saturated rings. The second-order valence-electron chi connectivity index (χ2n) is 6.26. The Hall–Kier alpha value is -3.22. The van der Waals surface area contributed by atoms with Crippen LogP contribution in [0.1, 0.15) is 0 Å². The molecule has 0 radical (unpaired) electrons. The lowest BCUT2D eigenvalue weighted by Gasteiger charge is -2.11. The number of nitrogens with one attached hydrogen (secondary N) is 2. The summed E-state index contributed by atoms with van der Waals surface area (Å²) in [4.78, 5) is 24.0. The van der Waals surface area contributed by atoms with E-state index in [9.17, 15) is 4.79 Å². The van der Waals surface area contributed by atoms with E-state index in [-0.39, 0.29) is 5.02 Å². The minimum atomic E-state index is -0.405. The van der Waals surface area contributed by atoms with E-state index in [2.05, 4.69) is 20.2 Å². The summed E-state index contributed by atoms with van der Waals surface area (Å²) >= 11 is 12.4. The molecule has 8 heteroatoms. The fraction of sp³-hybridized carbons (Fsp3) is 0. The van der Waals surface area contributed by atoms with Gasteiger partial charge in [-0.2, -0.15) is 5.10 Å². The molecule has 3 aromatic heterocycles. The maximum absolute atomic E-state index is 11.9. The normalized spacial score (nSPS) is 11.4. The van der Waals surface area contributed by atoms with Crippen LogP contribution in [-0.4, -0.2) is 25.1 Å². The summed E-state index contributed by atoms with van der Waals surface area (Å²) in [7, 11) is 0. The Morgan fingerprint density at radius 3 is 2.46 bits per heavy atom. The van der Waals surface area contributed by atoms with Gasteiger partial charge < -0.3 is 4.98 Å². The fourth-order valence-corrected chi connectivity index (χ4v) is 3.56. The predicted molar refractivity (Wildman–Crippen MR) is 111 cm³/mol. The number of pyridine rings is 1. The largest absolute Gasteiger partial charge is 0.304 e. The van der Waals surface area contributed by atoms with Gasteiger partial charge in [0.25, 0.3) is 5.56 Å². The summed E-state index contributed by atoms with van der Waals surface area (Å²) in [5.74, 6) is 0. The monoisotopic (exact) mass is 407 g/mol. The zero-order valence-electron chi connectivity index (χ0n) is 14.2. The van der Waals surface area contributed by atoms with Crippen LogP contribution in [0, 0.1) is 0 Å². The average Bonchev–Trinajstić information content (AvgIpc) is 3.18. The predicted octanol–water partition coefficient (Wildman–Crippen LogP) is 4.84. The van der Waals surface area contributed by atoms with Crippen LogP contribution in [0.15, 0.2) is 59.5 Å². The molecule has 0 bridgehead atoms. The molecule has 136 valence electrons. The average molecular weight is 408 g/mol. The van der Waals surface area contributed by atoms with Gasteiger partial charge >= 0.3 is 0 Å². The fourth-order valence-electron chi connectivity index (χ4n) is 3.14. The number of nitrogens with zero attached hydrogens (tertiary/aromatic N) is 3. The summed E-state index contributed by atoms with van der Waals surface area (Å²) in [5.41, 5.74) is 4.12. The Labute approximate surface area is 168 Å². The van der Waals surface area contributed by atoms with E-state index in [1.165, 1.54) is 6.07 Å². The summed E-state index contributed by atoms with van der Waals surface area (Å²) in [6.45, 7) is 0. The molecule has 0 aliphatic rings. The molecule has 0 saturated heterocycles. The summed E-state index contributed by atoms with van der Waals surface area (Å²) in [6.07, 6.45) is 1.70. The van der Waals surface area contributed by atoms with E-state index in [0.717, 1.165) is 22.0 Å². The molecule has 0 atom stereocenters. The van der Waals surface area contributed by atoms with Gasteiger partial charge in [-0.15, -0.1) is 0 Å². The molecule has 0 spiro atoms. The van der Waals surface area contributed by atoms with Gasteiger partial charge in [0.05, 0.1) is 28.1 Å². The maximum Gasteiger partial charge on any atom is 0.268 e. The minimum Gasteiger partial charge on any atom is -0.304 e. The molecule has 28 heavy (non-hydrogen) atoms. The molecular weight excluding hydrogens is 397 g/mol. The number of rotatable bonds is 2. The van der Waals surface area contributed by atoms with Crippen LogP contribution < -0.4 is 5.56 Å². The van der Waals surface area contributed by atoms with E-state index >= 15 is 0 Å². The lowest BCUT2D eigenvalue weighted by molar-refractivity contribution is 1.12. The van der Waals surface area contributed by atoms with Crippen LogP contribution in [0.2, 0.25) is 10.0 Å². The van der Waals surface area contributed by atoms with Crippen LogP contribution >= 0.6 is 23.2 Å². The van der Waals surface area contributed by atoms with Crippen LogP contribution in [0.3, 0.4) is 0 Å². The number of aromatic nitrogens is 5. The van der Waals surface area contributed by atoms with E-state index in [1.54, 1.807) is 6.20 Å². The zero-order chi connectivity index (χ0) is 19.3. The van der Waals surface area contributed by atoms with Crippen molar-refractivity contribution in [2.45, 2.75) is 0 Å². The molecule has 5 rings (SSSR count). The highest BCUT2D eigenvalue weighted by atomic mass is 35.5. The van der Waals surface area contributed by atoms with E-state index in [0.29, 0.717) is 27.6 Å². The Morgan fingerprint density at radius 1 is 0.857 bits per heavy atom. The van der Waals surface area contributed by atoms with Gasteiger partial charge in [-0.1, -0.05) is 53.5 Å². The molecule has 2 N–H and O–H groups in total. The highest BCUT2D eigenvalue weighted by Crippen LogP contribution is 2.34. The lowest BCUT2D eigenvalue weighted by atomic mass is 10.0. The Balaban J connectivity index is 1.87. The Bertz CT molecular complexity index is 1410. The molecule has 0 unspecified atom stereocenters. The summed E-state index contributed by atoms with van der Waals surface area (Å²) in [5, 5.41) is 8.38. The number of benzene rings is 2. The van der Waals surface area contributed by atoms with E-state index < -0.39 is 5.56 Å². The van der Waals surface area contributed by atoms with Gasteiger partial charge in [-0.25, -0.2) is 9.97 Å². The molecule has 3 heterocycles. The maximum atomic E-state index is 11.9. The second kappa shape index (κ2) is 6.44. The molecule has 6 nitrogen and oxygen atoms in total. The highest BCUT2D eigenvalue weighted by molar-refractivity contribution is 6.35. The molecule has 0 aliphatic carbocycles. The molecular formula is C20H11Cl2N5O. The molecule has 5 aromatic rings. The summed E-state index contributed by atoms with van der Waals surface area (Å²) in [6, 6.07) is 14.9. The SMILES string of the molecule is O=c1[nH]c2nc(-c3ccccc3)c(-c3cc(Cl)c4[nH]ncc4c3)nc2cc1Cl. The van der Waals surface area contributed by atoms with Crippen LogP contribution in [0.25, 0.3) is 44.6 Å². The van der Waals surface area contributed by atoms with Crippen LogP contribution in [0.5, 0.6) is 0 Å². The number of aromatic amines is 2. The van der Waals surface area contributed by atoms with Crippen LogP contribution in [0.4, 0.5) is 0 Å². The third kappa shape index (κ3) is 2.74. The number of halogens is 2. The molecule has 2 aromatic carbocycles. The van der Waals surface area contributed by atoms with Crippen molar-refractivity contribution in [3.8, 4) is 22.5 Å². The van der Waals surface area contributed by atoms with Crippen LogP contribution in [-0.2, 0) is 0 Å². The van der Waals surface area contributed by atoms with Gasteiger partial charge in [0.1, 0.15) is 10.5 Å². The minimum absolute atomic E-state index is 0.0588. The first-order valence-corrected chi connectivity index (χ1v) is 9.15. The van der Waals surface area contributed by atoms with Crippen molar-refractivity contribution >= 4 is 45.3 Å². The van der Waals surface area contributed by atoms with Gasteiger partial charge in [0.15, 0.2) is 5.65 Å². The third-order valence-corrected chi connectivity index (χ3v) is 5.04. The van der Waals surface area contributed by atoms with Crippen molar-refractivity contribution in [2.24, 2.45) is 0 Å². The summed E-state index contributed by atoms with van der Waals surface area (Å²) < 4.78 is 0. The Morgan fingerprint density at radius 2 is 1.64 bits per heavy atom. The quantitative estimate of drug-likeness (QED) is 0.438. The smallest absolute Gasteiger partial charge is 0.268 e. The van der Waals surface area contributed by atoms with Crippen molar-refractivity contribution in [3.63, 3.8) is 0 Å². The van der Waals surface area contributed by atoms with Crippen molar-refractivity contribution in [1.82, 2.24) is 25.1 Å². The van der Waals surface area contributed by atoms with Gasteiger partial charge in [-0.05, 0) is 18.2 Å². The number of H-pyrrole nitrogens is 2. The van der Waals surface area contributed by atoms with E-state index in [1.807, 2.05) is 42.5 Å². The standard InChI is InChI=1S/C20H11Cl2N5O/c21-13-7-11(6-12-9-23-27-16(12)13)18-17(10-4-2-1-3-5-10)25-19-15(24-18)8-14(22)20(28)26-19/h1-9H,(H,23,27)(H,25,26,28). The number of hydrogen-bond acceptors (Lipinski definition) is 4. The third-order valence-electron chi connectivity index (χ3n) is 4.46. The first-order chi connectivity index (χ1) is 13.6. The van der Waals surface area contributed by atoms with Crippen molar-refractivity contribution in [2.75, 3.05) is 0 Å². The molecule has 0 amide bonds. The van der Waals surface area contributed by atoms with Crippen molar-refractivity contribution in [1.29, 1.82) is 0 Å². The highest BCUT2D eigenvalue weighted by Gasteiger charge is 2.16. The lowest BCUT2D eigenvalue weighted by Crippen LogP contribution is -2.08. The van der Waals surface area contributed by atoms with Crippen molar-refractivity contribution < 1.29 is 0 Å². The Kier molecular flexibility index (Phi) is 3.89. The second-order valence-corrected chi connectivity index (χ2v) is 7.07. The van der Waals surface area contributed by atoms with Gasteiger partial charge in [0, 0.05) is 16.5 Å². The first-order valence-electron chi connectivity index (χ1n) is 8.39. The van der Waals surface area contributed by atoms with Gasteiger partial charge in [-0.3, -0.25) is 9.89 Å². The first kappa shape index (κ1) is 16.9. The number of hydrogen-bond donors (Lipinski definition) is 2. The van der Waals surface area contributed by atoms with Crippen molar-refractivity contribution in [3.05, 3.63) is 75.1 Å². The molecule has 0 saturated carbocycles. The molecule has 0 aliphatic heterocycles. The van der Waals surface area contributed by atoms with E-state index in [4.69, 9.17) is 28.2 Å². The topological polar surface area (TPSA) is 87.3 Å². The number of fused-ring (bicyclic) bond motifs is 2.